The summed E-state index contributed by atoms with van der Waals surface area (Å²) in [5, 5.41) is 2.88. The van der Waals surface area contributed by atoms with Crippen LogP contribution in [0.1, 0.15) is 38.3 Å². The summed E-state index contributed by atoms with van der Waals surface area (Å²) in [6, 6.07) is 13.5. The van der Waals surface area contributed by atoms with E-state index in [1.54, 1.807) is 24.3 Å². The quantitative estimate of drug-likeness (QED) is 0.498. The summed E-state index contributed by atoms with van der Waals surface area (Å²) in [6.45, 7) is 7.29. The second kappa shape index (κ2) is 11.7. The van der Waals surface area contributed by atoms with Crippen molar-refractivity contribution in [1.82, 2.24) is 10.2 Å². The fourth-order valence-corrected chi connectivity index (χ4v) is 4.61. The molecule has 0 radical (unpaired) electrons. The number of aryl methyl sites for hydroxylation is 1. The molecule has 0 unspecified atom stereocenters. The fourth-order valence-electron chi connectivity index (χ4n) is 3.49. The fraction of sp³-hybridized carbons (Fsp3) is 0.417. The summed E-state index contributed by atoms with van der Waals surface area (Å²) in [4.78, 5) is 28.0. The van der Waals surface area contributed by atoms with Gasteiger partial charge in [-0.15, -0.1) is 0 Å². The van der Waals surface area contributed by atoms with Crippen LogP contribution in [0.2, 0.25) is 0 Å². The molecule has 0 aliphatic heterocycles. The maximum Gasteiger partial charge on any atom is 0.244 e. The highest BCUT2D eigenvalue weighted by molar-refractivity contribution is 9.10. The summed E-state index contributed by atoms with van der Waals surface area (Å²) in [7, 11) is -3.74. The van der Waals surface area contributed by atoms with Crippen molar-refractivity contribution in [3.63, 3.8) is 0 Å². The molecule has 2 aromatic carbocycles. The van der Waals surface area contributed by atoms with Crippen molar-refractivity contribution >= 4 is 43.5 Å². The van der Waals surface area contributed by atoms with Crippen molar-refractivity contribution in [3.8, 4) is 0 Å². The molecule has 0 aromatic heterocycles. The van der Waals surface area contributed by atoms with Crippen LogP contribution in [0.3, 0.4) is 0 Å². The second-order valence-electron chi connectivity index (χ2n) is 8.28. The molecule has 0 saturated heterocycles. The lowest BCUT2D eigenvalue weighted by atomic mass is 10.1. The third-order valence-electron chi connectivity index (χ3n) is 5.21. The lowest BCUT2D eigenvalue weighted by Gasteiger charge is -2.33. The van der Waals surface area contributed by atoms with E-state index in [-0.39, 0.29) is 18.5 Å². The second-order valence-corrected chi connectivity index (χ2v) is 11.1. The standard InChI is InChI=1S/C24H32BrN3O4S/c1-6-22(24(30)26-17(2)3)27(15-19-10-8-7-9-18(19)4)23(29)16-28(33(5,31)32)21-13-11-20(25)12-14-21/h7-14,17,22H,6,15-16H2,1-5H3,(H,26,30)/t22-/m1/s1. The average Bonchev–Trinajstić information content (AvgIpc) is 2.72. The zero-order chi connectivity index (χ0) is 24.8. The summed E-state index contributed by atoms with van der Waals surface area (Å²) in [5.74, 6) is -0.707. The topological polar surface area (TPSA) is 86.8 Å². The Morgan fingerprint density at radius 3 is 2.18 bits per heavy atom. The SMILES string of the molecule is CC[C@H](C(=O)NC(C)C)N(Cc1ccccc1C)C(=O)CN(c1ccc(Br)cc1)S(C)(=O)=O. The van der Waals surface area contributed by atoms with Crippen LogP contribution in [0, 0.1) is 6.92 Å². The summed E-state index contributed by atoms with van der Waals surface area (Å²) >= 11 is 3.34. The van der Waals surface area contributed by atoms with Gasteiger partial charge in [-0.2, -0.15) is 0 Å². The summed E-state index contributed by atoms with van der Waals surface area (Å²) < 4.78 is 27.0. The molecule has 33 heavy (non-hydrogen) atoms. The number of sulfonamides is 1. The minimum atomic E-state index is -3.74. The van der Waals surface area contributed by atoms with Gasteiger partial charge in [-0.3, -0.25) is 13.9 Å². The number of nitrogens with one attached hydrogen (secondary N) is 1. The van der Waals surface area contributed by atoms with Crippen LogP contribution in [0.4, 0.5) is 5.69 Å². The summed E-state index contributed by atoms with van der Waals surface area (Å²) in [6.07, 6.45) is 1.46. The molecule has 0 saturated carbocycles. The number of hydrogen-bond donors (Lipinski definition) is 1. The smallest absolute Gasteiger partial charge is 0.244 e. The van der Waals surface area contributed by atoms with Gasteiger partial charge in [-0.05, 0) is 62.6 Å². The van der Waals surface area contributed by atoms with Gasteiger partial charge in [0.1, 0.15) is 12.6 Å². The third-order valence-corrected chi connectivity index (χ3v) is 6.88. The normalized spacial score (nSPS) is 12.3. The molecule has 0 spiro atoms. The summed E-state index contributed by atoms with van der Waals surface area (Å²) in [5.41, 5.74) is 2.27. The van der Waals surface area contributed by atoms with Gasteiger partial charge in [0.05, 0.1) is 11.9 Å². The van der Waals surface area contributed by atoms with Crippen LogP contribution in [0.15, 0.2) is 53.0 Å². The number of anilines is 1. The Morgan fingerprint density at radius 1 is 1.06 bits per heavy atom. The minimum absolute atomic E-state index is 0.0859. The largest absolute Gasteiger partial charge is 0.352 e. The Morgan fingerprint density at radius 2 is 1.67 bits per heavy atom. The predicted octanol–water partition coefficient (Wildman–Crippen LogP) is 3.86. The molecule has 0 fully saturated rings. The molecule has 2 rings (SSSR count). The first-order chi connectivity index (χ1) is 15.4. The minimum Gasteiger partial charge on any atom is -0.352 e. The van der Waals surface area contributed by atoms with E-state index in [1.165, 1.54) is 4.90 Å². The van der Waals surface area contributed by atoms with Gasteiger partial charge in [0.2, 0.25) is 21.8 Å². The van der Waals surface area contributed by atoms with E-state index < -0.39 is 28.5 Å². The molecule has 1 N–H and O–H groups in total. The first-order valence-corrected chi connectivity index (χ1v) is 13.5. The van der Waals surface area contributed by atoms with Gasteiger partial charge in [0, 0.05) is 17.1 Å². The van der Waals surface area contributed by atoms with Gasteiger partial charge >= 0.3 is 0 Å². The van der Waals surface area contributed by atoms with Crippen molar-refractivity contribution < 1.29 is 18.0 Å². The number of benzene rings is 2. The predicted molar refractivity (Wildman–Crippen MR) is 135 cm³/mol. The number of nitrogens with zero attached hydrogens (tertiary/aromatic N) is 2. The average molecular weight is 539 g/mol. The first-order valence-electron chi connectivity index (χ1n) is 10.8. The van der Waals surface area contributed by atoms with Gasteiger partial charge in [0.15, 0.2) is 0 Å². The zero-order valence-electron chi connectivity index (χ0n) is 19.7. The Hall–Kier alpha value is -2.39. The van der Waals surface area contributed by atoms with E-state index in [1.807, 2.05) is 52.0 Å². The van der Waals surface area contributed by atoms with Crippen LogP contribution in [-0.2, 0) is 26.2 Å². The Kier molecular flexibility index (Phi) is 9.48. The van der Waals surface area contributed by atoms with E-state index in [2.05, 4.69) is 21.2 Å². The van der Waals surface area contributed by atoms with Crippen molar-refractivity contribution in [2.45, 2.75) is 52.7 Å². The first kappa shape index (κ1) is 26.9. The molecular weight excluding hydrogens is 506 g/mol. The number of amides is 2. The van der Waals surface area contributed by atoms with Crippen molar-refractivity contribution in [2.75, 3.05) is 17.1 Å². The van der Waals surface area contributed by atoms with Crippen molar-refractivity contribution in [3.05, 3.63) is 64.1 Å². The molecule has 0 heterocycles. The molecule has 9 heteroatoms. The van der Waals surface area contributed by atoms with Crippen LogP contribution in [0.5, 0.6) is 0 Å². The highest BCUT2D eigenvalue weighted by atomic mass is 79.9. The molecule has 180 valence electrons. The molecule has 7 nitrogen and oxygen atoms in total. The van der Waals surface area contributed by atoms with E-state index in [0.717, 1.165) is 26.2 Å². The molecule has 2 amide bonds. The number of carbonyl (C=O) groups is 2. The maximum absolute atomic E-state index is 13.6. The molecule has 0 aliphatic rings. The van der Waals surface area contributed by atoms with Crippen LogP contribution < -0.4 is 9.62 Å². The number of hydrogen-bond acceptors (Lipinski definition) is 4. The van der Waals surface area contributed by atoms with E-state index in [0.29, 0.717) is 12.1 Å². The molecule has 0 aliphatic carbocycles. The molecule has 2 aromatic rings. The molecular formula is C24H32BrN3O4S. The van der Waals surface area contributed by atoms with Gasteiger partial charge in [-0.1, -0.05) is 47.1 Å². The Bertz CT molecular complexity index is 1070. The number of carbonyl (C=O) groups excluding carboxylic acids is 2. The lowest BCUT2D eigenvalue weighted by Crippen LogP contribution is -2.53. The van der Waals surface area contributed by atoms with E-state index in [4.69, 9.17) is 0 Å². The molecule has 1 atom stereocenters. The monoisotopic (exact) mass is 537 g/mol. The molecule has 0 bridgehead atoms. The van der Waals surface area contributed by atoms with Crippen molar-refractivity contribution in [1.29, 1.82) is 0 Å². The van der Waals surface area contributed by atoms with Crippen LogP contribution in [-0.4, -0.2) is 50.0 Å². The van der Waals surface area contributed by atoms with E-state index in [9.17, 15) is 18.0 Å². The number of halogens is 1. The highest BCUT2D eigenvalue weighted by Crippen LogP contribution is 2.22. The van der Waals surface area contributed by atoms with Gasteiger partial charge < -0.3 is 10.2 Å². The Balaban J connectivity index is 2.44. The number of rotatable bonds is 10. The third kappa shape index (κ3) is 7.57. The van der Waals surface area contributed by atoms with Gasteiger partial charge in [0.25, 0.3) is 0 Å². The maximum atomic E-state index is 13.6. The van der Waals surface area contributed by atoms with Crippen LogP contribution in [0.25, 0.3) is 0 Å². The Labute approximate surface area is 205 Å². The highest BCUT2D eigenvalue weighted by Gasteiger charge is 2.32. The lowest BCUT2D eigenvalue weighted by molar-refractivity contribution is -0.140. The van der Waals surface area contributed by atoms with E-state index >= 15 is 0 Å². The van der Waals surface area contributed by atoms with Crippen molar-refractivity contribution in [2.24, 2.45) is 0 Å². The van der Waals surface area contributed by atoms with Gasteiger partial charge in [-0.25, -0.2) is 8.42 Å². The van der Waals surface area contributed by atoms with Crippen LogP contribution >= 0.6 is 15.9 Å². The zero-order valence-corrected chi connectivity index (χ0v) is 22.1.